The van der Waals surface area contributed by atoms with E-state index < -0.39 is 0 Å². The molecule has 0 aliphatic rings. The fourth-order valence-corrected chi connectivity index (χ4v) is 0.810. The Morgan fingerprint density at radius 3 is 2.67 bits per heavy atom. The van der Waals surface area contributed by atoms with Gasteiger partial charge in [0.2, 0.25) is 0 Å². The highest BCUT2D eigenvalue weighted by molar-refractivity contribution is 9.10. The van der Waals surface area contributed by atoms with Crippen molar-refractivity contribution in [2.75, 3.05) is 0 Å². The standard InChI is InChI=1S/C6H5BrO2/c1-4-3-9-5(2-8)6(4)7/h2-3H,1H3. The lowest BCUT2D eigenvalue weighted by Crippen LogP contribution is -1.72. The van der Waals surface area contributed by atoms with Crippen LogP contribution in [-0.2, 0) is 0 Å². The van der Waals surface area contributed by atoms with Crippen LogP contribution >= 0.6 is 15.9 Å². The molecule has 0 saturated heterocycles. The molecule has 1 aromatic rings. The van der Waals surface area contributed by atoms with Gasteiger partial charge in [0.15, 0.2) is 12.0 Å². The van der Waals surface area contributed by atoms with Gasteiger partial charge in [-0.3, -0.25) is 4.79 Å². The SMILES string of the molecule is Cc1coc(C=O)c1Br. The third-order valence-corrected chi connectivity index (χ3v) is 2.05. The monoisotopic (exact) mass is 188 g/mol. The molecular weight excluding hydrogens is 184 g/mol. The molecule has 0 bridgehead atoms. The fraction of sp³-hybridized carbons (Fsp3) is 0.167. The van der Waals surface area contributed by atoms with Gasteiger partial charge in [-0.1, -0.05) is 0 Å². The Morgan fingerprint density at radius 2 is 2.44 bits per heavy atom. The molecule has 0 N–H and O–H groups in total. The van der Waals surface area contributed by atoms with Gasteiger partial charge in [0, 0.05) is 5.56 Å². The molecule has 0 amide bonds. The molecule has 0 fully saturated rings. The van der Waals surface area contributed by atoms with Crippen molar-refractivity contribution in [3.8, 4) is 0 Å². The molecule has 0 atom stereocenters. The topological polar surface area (TPSA) is 30.2 Å². The van der Waals surface area contributed by atoms with Crippen LogP contribution in [0, 0.1) is 6.92 Å². The Kier molecular flexibility index (Phi) is 1.71. The van der Waals surface area contributed by atoms with E-state index in [2.05, 4.69) is 15.9 Å². The summed E-state index contributed by atoms with van der Waals surface area (Å²) in [7, 11) is 0. The molecule has 1 aromatic heterocycles. The van der Waals surface area contributed by atoms with Crippen molar-refractivity contribution < 1.29 is 9.21 Å². The van der Waals surface area contributed by atoms with Crippen LogP contribution in [0.3, 0.4) is 0 Å². The van der Waals surface area contributed by atoms with Crippen molar-refractivity contribution in [2.45, 2.75) is 6.92 Å². The fourth-order valence-electron chi connectivity index (χ4n) is 0.529. The van der Waals surface area contributed by atoms with Crippen LogP contribution in [0.5, 0.6) is 0 Å². The molecule has 0 saturated carbocycles. The van der Waals surface area contributed by atoms with Crippen molar-refractivity contribution in [2.24, 2.45) is 0 Å². The maximum Gasteiger partial charge on any atom is 0.186 e. The van der Waals surface area contributed by atoms with Gasteiger partial charge in [0.05, 0.1) is 10.7 Å². The second-order valence-electron chi connectivity index (χ2n) is 1.71. The Balaban J connectivity index is 3.18. The van der Waals surface area contributed by atoms with Crippen LogP contribution in [0.1, 0.15) is 16.1 Å². The van der Waals surface area contributed by atoms with E-state index in [4.69, 9.17) is 4.42 Å². The predicted molar refractivity (Wildman–Crippen MR) is 36.5 cm³/mol. The minimum Gasteiger partial charge on any atom is -0.460 e. The third-order valence-electron chi connectivity index (χ3n) is 1.03. The summed E-state index contributed by atoms with van der Waals surface area (Å²) >= 11 is 3.19. The molecule has 1 heterocycles. The second-order valence-corrected chi connectivity index (χ2v) is 2.51. The van der Waals surface area contributed by atoms with Crippen molar-refractivity contribution in [1.82, 2.24) is 0 Å². The molecule has 1 rings (SSSR count). The minimum atomic E-state index is 0.354. The number of hydrogen-bond donors (Lipinski definition) is 0. The smallest absolute Gasteiger partial charge is 0.186 e. The zero-order valence-electron chi connectivity index (χ0n) is 4.85. The van der Waals surface area contributed by atoms with Crippen molar-refractivity contribution in [1.29, 1.82) is 0 Å². The summed E-state index contributed by atoms with van der Waals surface area (Å²) in [4.78, 5) is 10.1. The van der Waals surface area contributed by atoms with Crippen LogP contribution in [0.2, 0.25) is 0 Å². The van der Waals surface area contributed by atoms with Crippen molar-refractivity contribution >= 4 is 22.2 Å². The van der Waals surface area contributed by atoms with Gasteiger partial charge in [0.25, 0.3) is 0 Å². The molecule has 48 valence electrons. The zero-order chi connectivity index (χ0) is 6.85. The maximum absolute atomic E-state index is 10.1. The Hall–Kier alpha value is -0.570. The van der Waals surface area contributed by atoms with E-state index in [1.807, 2.05) is 6.92 Å². The third kappa shape index (κ3) is 1.05. The summed E-state index contributed by atoms with van der Waals surface area (Å²) in [5.74, 6) is 0.354. The van der Waals surface area contributed by atoms with E-state index in [-0.39, 0.29) is 0 Å². The summed E-state index contributed by atoms with van der Waals surface area (Å²) in [5, 5.41) is 0. The second kappa shape index (κ2) is 2.35. The number of furan rings is 1. The Bertz CT molecular complexity index is 227. The van der Waals surface area contributed by atoms with Crippen LogP contribution in [0.15, 0.2) is 15.2 Å². The van der Waals surface area contributed by atoms with E-state index in [0.717, 1.165) is 10.0 Å². The molecule has 0 aliphatic heterocycles. The largest absolute Gasteiger partial charge is 0.460 e. The van der Waals surface area contributed by atoms with Crippen LogP contribution in [0.4, 0.5) is 0 Å². The van der Waals surface area contributed by atoms with E-state index in [9.17, 15) is 4.79 Å². The van der Waals surface area contributed by atoms with Gasteiger partial charge in [-0.2, -0.15) is 0 Å². The molecular formula is C6H5BrO2. The molecule has 0 aliphatic carbocycles. The van der Waals surface area contributed by atoms with Crippen molar-refractivity contribution in [3.05, 3.63) is 22.1 Å². The lowest BCUT2D eigenvalue weighted by molar-refractivity contribution is 0.109. The molecule has 0 radical (unpaired) electrons. The highest BCUT2D eigenvalue weighted by atomic mass is 79.9. The zero-order valence-corrected chi connectivity index (χ0v) is 6.44. The van der Waals surface area contributed by atoms with Crippen molar-refractivity contribution in [3.63, 3.8) is 0 Å². The van der Waals surface area contributed by atoms with E-state index in [0.29, 0.717) is 12.0 Å². The first kappa shape index (κ1) is 6.55. The number of halogens is 1. The van der Waals surface area contributed by atoms with Gasteiger partial charge in [-0.05, 0) is 22.9 Å². The quantitative estimate of drug-likeness (QED) is 0.633. The molecule has 3 heteroatoms. The summed E-state index contributed by atoms with van der Waals surface area (Å²) in [5.41, 5.74) is 0.942. The summed E-state index contributed by atoms with van der Waals surface area (Å²) in [6.07, 6.45) is 2.21. The lowest BCUT2D eigenvalue weighted by Gasteiger charge is -1.80. The molecule has 9 heavy (non-hydrogen) atoms. The molecule has 0 unspecified atom stereocenters. The summed E-state index contributed by atoms with van der Waals surface area (Å²) in [6, 6.07) is 0. The molecule has 2 nitrogen and oxygen atoms in total. The lowest BCUT2D eigenvalue weighted by atomic mass is 10.3. The van der Waals surface area contributed by atoms with Gasteiger partial charge < -0.3 is 4.42 Å². The van der Waals surface area contributed by atoms with E-state index in [1.165, 1.54) is 6.26 Å². The number of aryl methyl sites for hydroxylation is 1. The average Bonchev–Trinajstić information content (AvgIpc) is 2.15. The Morgan fingerprint density at radius 1 is 1.78 bits per heavy atom. The number of carbonyl (C=O) groups is 1. The predicted octanol–water partition coefficient (Wildman–Crippen LogP) is 2.16. The maximum atomic E-state index is 10.1. The first-order valence-corrected chi connectivity index (χ1v) is 3.23. The van der Waals surface area contributed by atoms with E-state index in [1.54, 1.807) is 0 Å². The Labute approximate surface area is 61.0 Å². The van der Waals surface area contributed by atoms with E-state index >= 15 is 0 Å². The normalized spacial score (nSPS) is 9.56. The minimum absolute atomic E-state index is 0.354. The molecule has 0 spiro atoms. The van der Waals surface area contributed by atoms with Gasteiger partial charge in [-0.25, -0.2) is 0 Å². The van der Waals surface area contributed by atoms with Gasteiger partial charge in [0.1, 0.15) is 0 Å². The summed E-state index contributed by atoms with van der Waals surface area (Å²) in [6.45, 7) is 1.86. The number of rotatable bonds is 1. The summed E-state index contributed by atoms with van der Waals surface area (Å²) < 4.78 is 5.58. The van der Waals surface area contributed by atoms with Crippen LogP contribution in [-0.4, -0.2) is 6.29 Å². The highest BCUT2D eigenvalue weighted by Gasteiger charge is 2.04. The van der Waals surface area contributed by atoms with Crippen LogP contribution in [0.25, 0.3) is 0 Å². The average molecular weight is 189 g/mol. The number of carbonyl (C=O) groups excluding carboxylic acids is 1. The van der Waals surface area contributed by atoms with Gasteiger partial charge in [-0.15, -0.1) is 0 Å². The number of hydrogen-bond acceptors (Lipinski definition) is 2. The molecule has 0 aromatic carbocycles. The highest BCUT2D eigenvalue weighted by Crippen LogP contribution is 2.20. The van der Waals surface area contributed by atoms with Gasteiger partial charge >= 0.3 is 0 Å². The number of aldehydes is 1. The first-order valence-electron chi connectivity index (χ1n) is 2.44. The van der Waals surface area contributed by atoms with Crippen LogP contribution < -0.4 is 0 Å². The first-order chi connectivity index (χ1) is 4.25.